The van der Waals surface area contributed by atoms with Crippen molar-refractivity contribution in [2.75, 3.05) is 20.3 Å². The molecule has 2 aliphatic rings. The number of allylic oxidation sites excluding steroid dienone is 1. The van der Waals surface area contributed by atoms with Crippen molar-refractivity contribution in [1.82, 2.24) is 4.90 Å². The molecule has 1 aromatic carbocycles. The minimum atomic E-state index is -0.501. The molecule has 5 nitrogen and oxygen atoms in total. The molecule has 0 bridgehead atoms. The van der Waals surface area contributed by atoms with Crippen molar-refractivity contribution in [1.29, 1.82) is 0 Å². The molecule has 0 unspecified atom stereocenters. The number of nitrogens with zero attached hydrogens (tertiary/aromatic N) is 1. The zero-order valence-corrected chi connectivity index (χ0v) is 20.0. The average molecular weight is 458 g/mol. The standard InChI is InChI=1S/C26H35NO4S/c1-3-30-26-20(13-9-15-28)21(22-17-32-24-14-8-7-12-19(22)24)16-23(31-26)25(29)27(2)18-10-5-4-6-11-18/h7-8,12,14,16-18,20-21,26,28H,3-6,9-11,13,15H2,1-2H3/t20-,21+,26-/m1/s1. The lowest BCUT2D eigenvalue weighted by Gasteiger charge is -2.39. The first kappa shape index (κ1) is 23.3. The van der Waals surface area contributed by atoms with Crippen LogP contribution in [0, 0.1) is 5.92 Å². The number of rotatable bonds is 8. The third kappa shape index (κ3) is 4.87. The summed E-state index contributed by atoms with van der Waals surface area (Å²) in [5.41, 5.74) is 1.21. The molecular weight excluding hydrogens is 422 g/mol. The van der Waals surface area contributed by atoms with Gasteiger partial charge in [-0.3, -0.25) is 4.79 Å². The number of amides is 1. The van der Waals surface area contributed by atoms with E-state index in [1.165, 1.54) is 34.9 Å². The number of likely N-dealkylation sites (N-methyl/N-ethyl adjacent to an activating group) is 1. The molecule has 1 fully saturated rings. The zero-order valence-electron chi connectivity index (χ0n) is 19.2. The molecule has 0 radical (unpaired) electrons. The highest BCUT2D eigenvalue weighted by Crippen LogP contribution is 2.43. The molecule has 32 heavy (non-hydrogen) atoms. The maximum absolute atomic E-state index is 13.5. The highest BCUT2D eigenvalue weighted by atomic mass is 32.1. The van der Waals surface area contributed by atoms with E-state index in [1.54, 1.807) is 11.3 Å². The van der Waals surface area contributed by atoms with Gasteiger partial charge in [0.1, 0.15) is 0 Å². The normalized spacial score (nSPS) is 24.2. The van der Waals surface area contributed by atoms with Crippen molar-refractivity contribution >= 4 is 27.3 Å². The van der Waals surface area contributed by atoms with Gasteiger partial charge in [-0.05, 0) is 61.1 Å². The second-order valence-corrected chi connectivity index (χ2v) is 9.83. The van der Waals surface area contributed by atoms with Gasteiger partial charge in [-0.25, -0.2) is 0 Å². The van der Waals surface area contributed by atoms with Crippen LogP contribution in [0.3, 0.4) is 0 Å². The summed E-state index contributed by atoms with van der Waals surface area (Å²) < 4.78 is 13.5. The minimum Gasteiger partial charge on any atom is -0.459 e. The Bertz CT molecular complexity index is 933. The highest BCUT2D eigenvalue weighted by molar-refractivity contribution is 7.17. The van der Waals surface area contributed by atoms with Crippen LogP contribution < -0.4 is 0 Å². The summed E-state index contributed by atoms with van der Waals surface area (Å²) >= 11 is 1.73. The molecule has 0 spiro atoms. The minimum absolute atomic E-state index is 0.00158. The molecule has 4 rings (SSSR count). The fraction of sp³-hybridized carbons (Fsp3) is 0.577. The Hall–Kier alpha value is -1.89. The second kappa shape index (κ2) is 10.8. The number of aliphatic hydroxyl groups excluding tert-OH is 1. The number of ether oxygens (including phenoxy) is 2. The number of fused-ring (bicyclic) bond motifs is 1. The number of aliphatic hydroxyl groups is 1. The molecule has 2 heterocycles. The number of carbonyl (C=O) groups is 1. The van der Waals surface area contributed by atoms with Crippen LogP contribution in [0.5, 0.6) is 0 Å². The van der Waals surface area contributed by atoms with Gasteiger partial charge in [-0.2, -0.15) is 0 Å². The fourth-order valence-corrected chi connectivity index (χ4v) is 6.19. The maximum atomic E-state index is 13.5. The lowest BCUT2D eigenvalue weighted by Crippen LogP contribution is -2.43. The highest BCUT2D eigenvalue weighted by Gasteiger charge is 2.40. The maximum Gasteiger partial charge on any atom is 0.288 e. The van der Waals surface area contributed by atoms with E-state index in [9.17, 15) is 9.90 Å². The summed E-state index contributed by atoms with van der Waals surface area (Å²) in [6.07, 6.45) is 8.69. The van der Waals surface area contributed by atoms with Gasteiger partial charge in [-0.1, -0.05) is 37.5 Å². The van der Waals surface area contributed by atoms with Crippen LogP contribution in [0.4, 0.5) is 0 Å². The van der Waals surface area contributed by atoms with Gasteiger partial charge in [0.05, 0.1) is 0 Å². The molecule has 1 aliphatic heterocycles. The Kier molecular flexibility index (Phi) is 7.87. The number of benzene rings is 1. The molecule has 174 valence electrons. The van der Waals surface area contributed by atoms with Crippen molar-refractivity contribution in [2.24, 2.45) is 5.92 Å². The van der Waals surface area contributed by atoms with E-state index < -0.39 is 6.29 Å². The van der Waals surface area contributed by atoms with Crippen LogP contribution in [0.25, 0.3) is 10.1 Å². The van der Waals surface area contributed by atoms with Crippen molar-refractivity contribution in [3.63, 3.8) is 0 Å². The number of hydrogen-bond donors (Lipinski definition) is 1. The Labute approximate surface area is 195 Å². The summed E-state index contributed by atoms with van der Waals surface area (Å²) in [4.78, 5) is 15.4. The van der Waals surface area contributed by atoms with Crippen molar-refractivity contribution in [3.05, 3.63) is 47.0 Å². The van der Waals surface area contributed by atoms with Gasteiger partial charge in [0.2, 0.25) is 6.29 Å². The van der Waals surface area contributed by atoms with Crippen LogP contribution in [0.15, 0.2) is 41.5 Å². The largest absolute Gasteiger partial charge is 0.459 e. The topological polar surface area (TPSA) is 59.0 Å². The monoisotopic (exact) mass is 457 g/mol. The molecule has 6 heteroatoms. The van der Waals surface area contributed by atoms with Crippen molar-refractivity contribution in [2.45, 2.75) is 70.1 Å². The summed E-state index contributed by atoms with van der Waals surface area (Å²) in [7, 11) is 1.91. The van der Waals surface area contributed by atoms with E-state index in [4.69, 9.17) is 9.47 Å². The predicted molar refractivity (Wildman–Crippen MR) is 129 cm³/mol. The fourth-order valence-electron chi connectivity index (χ4n) is 5.18. The number of thiophene rings is 1. The van der Waals surface area contributed by atoms with Crippen molar-refractivity contribution < 1.29 is 19.4 Å². The third-order valence-electron chi connectivity index (χ3n) is 6.94. The van der Waals surface area contributed by atoms with Crippen LogP contribution in [0.2, 0.25) is 0 Å². The quantitative estimate of drug-likeness (QED) is 0.573. The van der Waals surface area contributed by atoms with E-state index in [-0.39, 0.29) is 30.4 Å². The zero-order chi connectivity index (χ0) is 22.5. The Morgan fingerprint density at radius 3 is 2.78 bits per heavy atom. The lowest BCUT2D eigenvalue weighted by atomic mass is 9.80. The summed E-state index contributed by atoms with van der Waals surface area (Å²) in [5, 5.41) is 12.9. The molecular formula is C26H35NO4S. The van der Waals surface area contributed by atoms with Gasteiger partial charge in [0.25, 0.3) is 5.91 Å². The van der Waals surface area contributed by atoms with E-state index >= 15 is 0 Å². The third-order valence-corrected chi connectivity index (χ3v) is 7.92. The second-order valence-electron chi connectivity index (χ2n) is 8.92. The van der Waals surface area contributed by atoms with E-state index in [0.29, 0.717) is 18.8 Å². The number of carbonyl (C=O) groups excluding carboxylic acids is 1. The predicted octanol–water partition coefficient (Wildman–Crippen LogP) is 5.44. The SMILES string of the molecule is CCO[C@@H]1OC(C(=O)N(C)C2CCCCC2)=C[C@H](c2csc3ccccc23)[C@H]1CCCO. The smallest absolute Gasteiger partial charge is 0.288 e. The van der Waals surface area contributed by atoms with Gasteiger partial charge in [-0.15, -0.1) is 11.3 Å². The summed E-state index contributed by atoms with van der Waals surface area (Å²) in [5.74, 6) is 0.391. The Balaban J connectivity index is 1.70. The summed E-state index contributed by atoms with van der Waals surface area (Å²) in [6, 6.07) is 8.69. The van der Waals surface area contributed by atoms with E-state index in [2.05, 4.69) is 29.6 Å². The van der Waals surface area contributed by atoms with Crippen LogP contribution >= 0.6 is 11.3 Å². The van der Waals surface area contributed by atoms with Gasteiger partial charge >= 0.3 is 0 Å². The van der Waals surface area contributed by atoms with E-state index in [1.807, 2.05) is 24.9 Å². The van der Waals surface area contributed by atoms with E-state index in [0.717, 1.165) is 19.3 Å². The molecule has 1 saturated carbocycles. The Morgan fingerprint density at radius 1 is 1.25 bits per heavy atom. The van der Waals surface area contributed by atoms with Crippen LogP contribution in [0.1, 0.15) is 63.4 Å². The van der Waals surface area contributed by atoms with Gasteiger partial charge < -0.3 is 19.5 Å². The van der Waals surface area contributed by atoms with Crippen molar-refractivity contribution in [3.8, 4) is 0 Å². The van der Waals surface area contributed by atoms with Crippen LogP contribution in [-0.2, 0) is 14.3 Å². The molecule has 1 aromatic heterocycles. The molecule has 2 aromatic rings. The molecule has 0 saturated heterocycles. The Morgan fingerprint density at radius 2 is 2.03 bits per heavy atom. The van der Waals surface area contributed by atoms with Crippen LogP contribution in [-0.4, -0.2) is 48.5 Å². The molecule has 1 amide bonds. The first-order valence-electron chi connectivity index (χ1n) is 12.0. The van der Waals surface area contributed by atoms with Gasteiger partial charge in [0, 0.05) is 42.8 Å². The molecule has 1 N–H and O–H groups in total. The number of hydrogen-bond acceptors (Lipinski definition) is 5. The summed E-state index contributed by atoms with van der Waals surface area (Å²) in [6.45, 7) is 2.60. The average Bonchev–Trinajstić information content (AvgIpc) is 3.26. The molecule has 3 atom stereocenters. The lowest BCUT2D eigenvalue weighted by molar-refractivity contribution is -0.170. The first-order valence-corrected chi connectivity index (χ1v) is 12.9. The molecule has 1 aliphatic carbocycles. The first-order chi connectivity index (χ1) is 15.6. The van der Waals surface area contributed by atoms with Gasteiger partial charge in [0.15, 0.2) is 5.76 Å².